The highest BCUT2D eigenvalue weighted by Gasteiger charge is 2.31. The first-order chi connectivity index (χ1) is 13.4. The van der Waals surface area contributed by atoms with E-state index in [2.05, 4.69) is 4.90 Å². The number of hydrogen-bond acceptors (Lipinski definition) is 7. The number of sulfonamides is 1. The molecule has 1 heterocycles. The Hall–Kier alpha value is -2.85. The quantitative estimate of drug-likeness (QED) is 0.534. The zero-order valence-electron chi connectivity index (χ0n) is 15.6. The van der Waals surface area contributed by atoms with E-state index in [0.29, 0.717) is 26.2 Å². The molecule has 0 bridgehead atoms. The molecular formula is C18H21N3O6S. The van der Waals surface area contributed by atoms with Gasteiger partial charge in [-0.1, -0.05) is 0 Å². The van der Waals surface area contributed by atoms with E-state index >= 15 is 0 Å². The van der Waals surface area contributed by atoms with Crippen LogP contribution in [-0.4, -0.2) is 58.0 Å². The zero-order valence-corrected chi connectivity index (χ0v) is 16.4. The second kappa shape index (κ2) is 8.03. The predicted octanol–water partition coefficient (Wildman–Crippen LogP) is 2.12. The molecule has 0 amide bonds. The molecule has 1 aliphatic rings. The van der Waals surface area contributed by atoms with Gasteiger partial charge in [-0.15, -0.1) is 0 Å². The van der Waals surface area contributed by atoms with Gasteiger partial charge in [0.05, 0.1) is 25.2 Å². The smallest absolute Gasteiger partial charge is 0.273 e. The van der Waals surface area contributed by atoms with Crippen LogP contribution in [0.2, 0.25) is 0 Å². The Morgan fingerprint density at radius 3 is 2.14 bits per heavy atom. The van der Waals surface area contributed by atoms with Gasteiger partial charge in [-0.3, -0.25) is 10.1 Å². The number of nitro groups is 1. The van der Waals surface area contributed by atoms with Gasteiger partial charge in [0.15, 0.2) is 0 Å². The van der Waals surface area contributed by atoms with Crippen molar-refractivity contribution >= 4 is 21.4 Å². The van der Waals surface area contributed by atoms with Gasteiger partial charge in [0.25, 0.3) is 5.69 Å². The third kappa shape index (κ3) is 3.87. The van der Waals surface area contributed by atoms with E-state index in [4.69, 9.17) is 9.47 Å². The third-order valence-corrected chi connectivity index (χ3v) is 6.59. The molecule has 2 aromatic rings. The van der Waals surface area contributed by atoms with Gasteiger partial charge >= 0.3 is 0 Å². The van der Waals surface area contributed by atoms with Crippen molar-refractivity contribution in [2.45, 2.75) is 4.90 Å². The van der Waals surface area contributed by atoms with Gasteiger partial charge < -0.3 is 14.4 Å². The van der Waals surface area contributed by atoms with Crippen LogP contribution in [0.1, 0.15) is 0 Å². The van der Waals surface area contributed by atoms with Crippen molar-refractivity contribution in [1.82, 2.24) is 4.31 Å². The number of nitro benzene ring substituents is 1. The lowest BCUT2D eigenvalue weighted by atomic mass is 10.2. The standard InChI is InChI=1S/C18H21N3O6S/c1-26-16-6-3-14(4-7-16)19-9-11-20(12-10-19)28(24,25)18-8-5-15(21(22)23)13-17(18)27-2/h3-8,13H,9-12H2,1-2H3. The lowest BCUT2D eigenvalue weighted by molar-refractivity contribution is -0.385. The molecule has 28 heavy (non-hydrogen) atoms. The van der Waals surface area contributed by atoms with Gasteiger partial charge in [-0.25, -0.2) is 8.42 Å². The average Bonchev–Trinajstić information content (AvgIpc) is 2.73. The highest BCUT2D eigenvalue weighted by molar-refractivity contribution is 7.89. The van der Waals surface area contributed by atoms with Gasteiger partial charge in [0, 0.05) is 37.9 Å². The molecule has 0 unspecified atom stereocenters. The Morgan fingerprint density at radius 2 is 1.61 bits per heavy atom. The summed E-state index contributed by atoms with van der Waals surface area (Å²) in [5, 5.41) is 10.9. The Labute approximate surface area is 163 Å². The van der Waals surface area contributed by atoms with Crippen LogP contribution in [0.4, 0.5) is 11.4 Å². The van der Waals surface area contributed by atoms with Gasteiger partial charge in [0.2, 0.25) is 10.0 Å². The Kier molecular flexibility index (Phi) is 5.71. The highest BCUT2D eigenvalue weighted by Crippen LogP contribution is 2.31. The summed E-state index contributed by atoms with van der Waals surface area (Å²) >= 11 is 0. The molecule has 3 rings (SSSR count). The topological polar surface area (TPSA) is 102 Å². The number of non-ortho nitro benzene ring substituents is 1. The molecule has 1 saturated heterocycles. The van der Waals surface area contributed by atoms with Crippen molar-refractivity contribution in [2.24, 2.45) is 0 Å². The minimum Gasteiger partial charge on any atom is -0.497 e. The fourth-order valence-corrected chi connectivity index (χ4v) is 4.66. The third-order valence-electron chi connectivity index (χ3n) is 4.65. The second-order valence-electron chi connectivity index (χ2n) is 6.18. The highest BCUT2D eigenvalue weighted by atomic mass is 32.2. The molecule has 0 radical (unpaired) electrons. The van der Waals surface area contributed by atoms with Crippen molar-refractivity contribution < 1.29 is 22.8 Å². The average molecular weight is 407 g/mol. The summed E-state index contributed by atoms with van der Waals surface area (Å²) < 4.78 is 37.6. The first-order valence-corrected chi connectivity index (χ1v) is 10.0. The number of hydrogen-bond donors (Lipinski definition) is 0. The van der Waals surface area contributed by atoms with Gasteiger partial charge in [-0.2, -0.15) is 4.31 Å². The molecule has 1 fully saturated rings. The van der Waals surface area contributed by atoms with Crippen LogP contribution < -0.4 is 14.4 Å². The number of nitrogens with zero attached hydrogens (tertiary/aromatic N) is 3. The molecule has 150 valence electrons. The minimum absolute atomic E-state index is 0.0354. The summed E-state index contributed by atoms with van der Waals surface area (Å²) in [5.41, 5.74) is 0.769. The summed E-state index contributed by atoms with van der Waals surface area (Å²) in [6.07, 6.45) is 0. The van der Waals surface area contributed by atoms with E-state index in [-0.39, 0.29) is 16.3 Å². The summed E-state index contributed by atoms with van der Waals surface area (Å²) in [4.78, 5) is 12.4. The molecule has 0 N–H and O–H groups in total. The fourth-order valence-electron chi connectivity index (χ4n) is 3.10. The van der Waals surface area contributed by atoms with Crippen molar-refractivity contribution in [3.05, 3.63) is 52.6 Å². The van der Waals surface area contributed by atoms with Crippen molar-refractivity contribution in [3.63, 3.8) is 0 Å². The van der Waals surface area contributed by atoms with Crippen LogP contribution in [0.15, 0.2) is 47.4 Å². The maximum absolute atomic E-state index is 13.0. The first-order valence-electron chi connectivity index (χ1n) is 8.58. The molecule has 0 saturated carbocycles. The van der Waals surface area contributed by atoms with Crippen molar-refractivity contribution in [2.75, 3.05) is 45.3 Å². The molecule has 10 heteroatoms. The van der Waals surface area contributed by atoms with Gasteiger partial charge in [0.1, 0.15) is 16.4 Å². The maximum Gasteiger partial charge on any atom is 0.273 e. The summed E-state index contributed by atoms with van der Waals surface area (Å²) in [7, 11) is -0.931. The van der Waals surface area contributed by atoms with Crippen LogP contribution in [-0.2, 0) is 10.0 Å². The number of anilines is 1. The summed E-state index contributed by atoms with van der Waals surface area (Å²) in [5.74, 6) is 0.724. The molecule has 2 aromatic carbocycles. The Bertz CT molecular complexity index is 954. The second-order valence-corrected chi connectivity index (χ2v) is 8.09. The zero-order chi connectivity index (χ0) is 20.3. The van der Waals surface area contributed by atoms with E-state index in [1.807, 2.05) is 24.3 Å². The Balaban J connectivity index is 1.76. The molecule has 0 aliphatic carbocycles. The monoisotopic (exact) mass is 407 g/mol. The number of ether oxygens (including phenoxy) is 2. The number of piperazine rings is 1. The molecular weight excluding hydrogens is 386 g/mol. The van der Waals surface area contributed by atoms with Crippen LogP contribution in [0.5, 0.6) is 11.5 Å². The Morgan fingerprint density at radius 1 is 0.964 bits per heavy atom. The number of methoxy groups -OCH3 is 2. The van der Waals surface area contributed by atoms with Crippen molar-refractivity contribution in [3.8, 4) is 11.5 Å². The summed E-state index contributed by atoms with van der Waals surface area (Å²) in [6, 6.07) is 11.1. The lowest BCUT2D eigenvalue weighted by Gasteiger charge is -2.35. The first kappa shape index (κ1) is 19.9. The van der Waals surface area contributed by atoms with Crippen LogP contribution in [0.25, 0.3) is 0 Å². The van der Waals surface area contributed by atoms with Crippen molar-refractivity contribution in [1.29, 1.82) is 0 Å². The lowest BCUT2D eigenvalue weighted by Crippen LogP contribution is -2.48. The molecule has 0 aromatic heterocycles. The van der Waals surface area contributed by atoms with Crippen LogP contribution in [0, 0.1) is 10.1 Å². The van der Waals surface area contributed by atoms with E-state index in [1.165, 1.54) is 23.5 Å². The molecule has 1 aliphatic heterocycles. The SMILES string of the molecule is COc1ccc(N2CCN(S(=O)(=O)c3ccc([N+](=O)[O-])cc3OC)CC2)cc1. The maximum atomic E-state index is 13.0. The van der Waals surface area contributed by atoms with Crippen LogP contribution in [0.3, 0.4) is 0 Å². The molecule has 9 nitrogen and oxygen atoms in total. The van der Waals surface area contributed by atoms with Gasteiger partial charge in [-0.05, 0) is 30.3 Å². The fraction of sp³-hybridized carbons (Fsp3) is 0.333. The van der Waals surface area contributed by atoms with E-state index in [9.17, 15) is 18.5 Å². The normalized spacial score (nSPS) is 15.3. The number of benzene rings is 2. The predicted molar refractivity (Wildman–Crippen MR) is 104 cm³/mol. The number of rotatable bonds is 6. The summed E-state index contributed by atoms with van der Waals surface area (Å²) in [6.45, 7) is 1.66. The minimum atomic E-state index is -3.82. The van der Waals surface area contributed by atoms with E-state index < -0.39 is 14.9 Å². The van der Waals surface area contributed by atoms with Crippen LogP contribution >= 0.6 is 0 Å². The van der Waals surface area contributed by atoms with E-state index in [1.54, 1.807) is 7.11 Å². The molecule has 0 spiro atoms. The van der Waals surface area contributed by atoms with E-state index in [0.717, 1.165) is 17.5 Å². The molecule has 0 atom stereocenters. The largest absolute Gasteiger partial charge is 0.497 e.